The summed E-state index contributed by atoms with van der Waals surface area (Å²) in [6.45, 7) is 6.93. The smallest absolute Gasteiger partial charge is 0.0673 e. The molecule has 0 saturated carbocycles. The van der Waals surface area contributed by atoms with Gasteiger partial charge < -0.3 is 5.32 Å². The summed E-state index contributed by atoms with van der Waals surface area (Å²) in [5.41, 5.74) is 3.75. The second kappa shape index (κ2) is 5.77. The molecule has 0 radical (unpaired) electrons. The van der Waals surface area contributed by atoms with Crippen molar-refractivity contribution >= 4 is 21.4 Å². The fourth-order valence-corrected chi connectivity index (χ4v) is 3.36. The van der Waals surface area contributed by atoms with Crippen molar-refractivity contribution in [3.8, 4) is 0 Å². The van der Waals surface area contributed by atoms with Crippen molar-refractivity contribution < 1.29 is 0 Å². The molecule has 2 aromatic heterocycles. The average Bonchev–Trinajstić information content (AvgIpc) is 3.01. The maximum absolute atomic E-state index is 4.63. The minimum absolute atomic E-state index is 0.844. The predicted molar refractivity (Wildman–Crippen MR) is 85.3 cm³/mol. The standard InChI is InChI=1S/C16H19N3S/c1-3-17-8-13-9-19(18-12(13)2)10-14-11-20-16-7-5-4-6-15(14)16/h4-7,9,11,17H,3,8,10H2,1-2H3. The zero-order chi connectivity index (χ0) is 13.9. The third-order valence-electron chi connectivity index (χ3n) is 3.51. The molecule has 20 heavy (non-hydrogen) atoms. The normalized spacial score (nSPS) is 11.3. The average molecular weight is 285 g/mol. The molecule has 0 amide bonds. The first kappa shape index (κ1) is 13.3. The number of hydrogen-bond donors (Lipinski definition) is 1. The zero-order valence-corrected chi connectivity index (χ0v) is 12.7. The molecule has 0 aliphatic heterocycles. The van der Waals surface area contributed by atoms with Crippen LogP contribution in [0.4, 0.5) is 0 Å². The van der Waals surface area contributed by atoms with Crippen molar-refractivity contribution in [2.24, 2.45) is 0 Å². The molecule has 3 nitrogen and oxygen atoms in total. The van der Waals surface area contributed by atoms with Crippen LogP contribution >= 0.6 is 11.3 Å². The summed E-state index contributed by atoms with van der Waals surface area (Å²) in [4.78, 5) is 0. The quantitative estimate of drug-likeness (QED) is 0.776. The van der Waals surface area contributed by atoms with E-state index in [0.717, 1.165) is 25.3 Å². The summed E-state index contributed by atoms with van der Waals surface area (Å²) >= 11 is 1.80. The lowest BCUT2D eigenvalue weighted by molar-refractivity contribution is 0.682. The van der Waals surface area contributed by atoms with Gasteiger partial charge in [-0.1, -0.05) is 25.1 Å². The number of hydrogen-bond acceptors (Lipinski definition) is 3. The molecular weight excluding hydrogens is 266 g/mol. The van der Waals surface area contributed by atoms with E-state index in [1.165, 1.54) is 21.2 Å². The van der Waals surface area contributed by atoms with Crippen LogP contribution in [0.3, 0.4) is 0 Å². The van der Waals surface area contributed by atoms with Gasteiger partial charge in [-0.15, -0.1) is 11.3 Å². The van der Waals surface area contributed by atoms with Gasteiger partial charge in [-0.05, 0) is 35.9 Å². The van der Waals surface area contributed by atoms with E-state index < -0.39 is 0 Å². The van der Waals surface area contributed by atoms with Gasteiger partial charge in [0.25, 0.3) is 0 Å². The van der Waals surface area contributed by atoms with Crippen molar-refractivity contribution in [3.63, 3.8) is 0 Å². The molecule has 0 saturated heterocycles. The topological polar surface area (TPSA) is 29.9 Å². The highest BCUT2D eigenvalue weighted by Crippen LogP contribution is 2.26. The first-order valence-electron chi connectivity index (χ1n) is 6.96. The fourth-order valence-electron chi connectivity index (χ4n) is 2.40. The lowest BCUT2D eigenvalue weighted by Crippen LogP contribution is -2.11. The van der Waals surface area contributed by atoms with E-state index in [-0.39, 0.29) is 0 Å². The maximum atomic E-state index is 4.63. The summed E-state index contributed by atoms with van der Waals surface area (Å²) in [7, 11) is 0. The van der Waals surface area contributed by atoms with Gasteiger partial charge in [0.2, 0.25) is 0 Å². The second-order valence-corrected chi connectivity index (χ2v) is 5.89. The monoisotopic (exact) mass is 285 g/mol. The lowest BCUT2D eigenvalue weighted by atomic mass is 10.2. The Labute approximate surface area is 123 Å². The van der Waals surface area contributed by atoms with Crippen LogP contribution in [0.5, 0.6) is 0 Å². The highest BCUT2D eigenvalue weighted by Gasteiger charge is 2.08. The van der Waals surface area contributed by atoms with E-state index in [4.69, 9.17) is 0 Å². The van der Waals surface area contributed by atoms with E-state index in [0.29, 0.717) is 0 Å². The van der Waals surface area contributed by atoms with Gasteiger partial charge in [-0.2, -0.15) is 5.10 Å². The van der Waals surface area contributed by atoms with Crippen LogP contribution in [0, 0.1) is 6.92 Å². The highest BCUT2D eigenvalue weighted by molar-refractivity contribution is 7.17. The molecule has 104 valence electrons. The van der Waals surface area contributed by atoms with Crippen LogP contribution in [-0.4, -0.2) is 16.3 Å². The van der Waals surface area contributed by atoms with Crippen molar-refractivity contribution in [1.82, 2.24) is 15.1 Å². The molecule has 3 rings (SSSR count). The molecule has 0 bridgehead atoms. The molecular formula is C16H19N3S. The molecule has 0 fully saturated rings. The summed E-state index contributed by atoms with van der Waals surface area (Å²) in [5.74, 6) is 0. The Morgan fingerprint density at radius 3 is 2.95 bits per heavy atom. The fraction of sp³-hybridized carbons (Fsp3) is 0.312. The summed E-state index contributed by atoms with van der Waals surface area (Å²) in [5, 5.41) is 11.6. The molecule has 3 aromatic rings. The van der Waals surface area contributed by atoms with Gasteiger partial charge in [0.05, 0.1) is 12.2 Å². The van der Waals surface area contributed by atoms with Crippen LogP contribution in [0.1, 0.15) is 23.7 Å². The van der Waals surface area contributed by atoms with Gasteiger partial charge in [-0.3, -0.25) is 4.68 Å². The lowest BCUT2D eigenvalue weighted by Gasteiger charge is -2.00. The van der Waals surface area contributed by atoms with Crippen molar-refractivity contribution in [2.75, 3.05) is 6.54 Å². The van der Waals surface area contributed by atoms with E-state index in [9.17, 15) is 0 Å². The molecule has 0 unspecified atom stereocenters. The summed E-state index contributed by atoms with van der Waals surface area (Å²) in [6, 6.07) is 8.56. The number of rotatable bonds is 5. The van der Waals surface area contributed by atoms with Gasteiger partial charge in [0.15, 0.2) is 0 Å². The number of aryl methyl sites for hydroxylation is 1. The molecule has 4 heteroatoms. The second-order valence-electron chi connectivity index (χ2n) is 4.97. The maximum Gasteiger partial charge on any atom is 0.0673 e. The van der Waals surface area contributed by atoms with Crippen LogP contribution in [0.2, 0.25) is 0 Å². The first-order valence-corrected chi connectivity index (χ1v) is 7.84. The summed E-state index contributed by atoms with van der Waals surface area (Å²) in [6.07, 6.45) is 2.16. The van der Waals surface area contributed by atoms with Gasteiger partial charge >= 0.3 is 0 Å². The highest BCUT2D eigenvalue weighted by atomic mass is 32.1. The Kier molecular flexibility index (Phi) is 3.85. The van der Waals surface area contributed by atoms with Gasteiger partial charge in [0.1, 0.15) is 0 Å². The SMILES string of the molecule is CCNCc1cn(Cc2csc3ccccc23)nc1C. The number of nitrogens with zero attached hydrogens (tertiary/aromatic N) is 2. The van der Waals surface area contributed by atoms with E-state index in [1.807, 2.05) is 0 Å². The van der Waals surface area contributed by atoms with Gasteiger partial charge in [0, 0.05) is 23.0 Å². The zero-order valence-electron chi connectivity index (χ0n) is 11.9. The number of fused-ring (bicyclic) bond motifs is 1. The minimum atomic E-state index is 0.844. The van der Waals surface area contributed by atoms with Crippen LogP contribution in [-0.2, 0) is 13.1 Å². The summed E-state index contributed by atoms with van der Waals surface area (Å²) < 4.78 is 3.40. The Morgan fingerprint density at radius 2 is 2.10 bits per heavy atom. The van der Waals surface area contributed by atoms with Crippen LogP contribution in [0.25, 0.3) is 10.1 Å². The molecule has 1 N–H and O–H groups in total. The van der Waals surface area contributed by atoms with Crippen molar-refractivity contribution in [1.29, 1.82) is 0 Å². The van der Waals surface area contributed by atoms with Crippen molar-refractivity contribution in [2.45, 2.75) is 26.9 Å². The molecule has 0 aliphatic carbocycles. The number of nitrogens with one attached hydrogen (secondary N) is 1. The molecule has 1 aromatic carbocycles. The van der Waals surface area contributed by atoms with E-state index in [2.05, 4.69) is 64.8 Å². The first-order chi connectivity index (χ1) is 9.78. The Balaban J connectivity index is 1.84. The molecule has 0 spiro atoms. The van der Waals surface area contributed by atoms with E-state index in [1.54, 1.807) is 11.3 Å². The molecule has 0 aliphatic rings. The minimum Gasteiger partial charge on any atom is -0.313 e. The Bertz CT molecular complexity index is 711. The Hall–Kier alpha value is -1.65. The third kappa shape index (κ3) is 2.62. The third-order valence-corrected chi connectivity index (χ3v) is 4.52. The number of thiophene rings is 1. The van der Waals surface area contributed by atoms with E-state index >= 15 is 0 Å². The predicted octanol–water partition coefficient (Wildman–Crippen LogP) is 3.56. The largest absolute Gasteiger partial charge is 0.313 e. The Morgan fingerprint density at radius 1 is 1.25 bits per heavy atom. The number of aromatic nitrogens is 2. The molecule has 2 heterocycles. The number of benzene rings is 1. The van der Waals surface area contributed by atoms with Gasteiger partial charge in [-0.25, -0.2) is 0 Å². The molecule has 0 atom stereocenters. The van der Waals surface area contributed by atoms with Crippen LogP contribution < -0.4 is 5.32 Å². The van der Waals surface area contributed by atoms with Crippen LogP contribution in [0.15, 0.2) is 35.8 Å². The van der Waals surface area contributed by atoms with Crippen molar-refractivity contribution in [3.05, 3.63) is 52.7 Å².